The fourth-order valence-electron chi connectivity index (χ4n) is 3.15. The van der Waals surface area contributed by atoms with Crippen LogP contribution in [0.3, 0.4) is 0 Å². The Balaban J connectivity index is 1.32. The number of carbonyl (C=O) groups excluding carboxylic acids is 2. The minimum Gasteiger partial charge on any atom is -0.325 e. The summed E-state index contributed by atoms with van der Waals surface area (Å²) in [5, 5.41) is 9.54. The maximum Gasteiger partial charge on any atom is 0.416 e. The molecule has 0 saturated heterocycles. The Morgan fingerprint density at radius 2 is 1.90 bits per heavy atom. The average molecular weight is 467 g/mol. The van der Waals surface area contributed by atoms with Crippen molar-refractivity contribution in [1.29, 1.82) is 0 Å². The smallest absolute Gasteiger partial charge is 0.325 e. The second kappa shape index (κ2) is 8.77. The number of hydrogen-bond acceptors (Lipinski definition) is 6. The predicted molar refractivity (Wildman–Crippen MR) is 113 cm³/mol. The number of halogens is 3. The number of anilines is 2. The Morgan fingerprint density at radius 1 is 1.13 bits per heavy atom. The van der Waals surface area contributed by atoms with Crippen LogP contribution in [0.25, 0.3) is 0 Å². The van der Waals surface area contributed by atoms with E-state index in [2.05, 4.69) is 15.6 Å². The van der Waals surface area contributed by atoms with Gasteiger partial charge in [0, 0.05) is 35.5 Å². The molecule has 0 bridgehead atoms. The molecule has 0 fully saturated rings. The molecule has 0 spiro atoms. The second-order valence-corrected chi connectivity index (χ2v) is 8.80. The summed E-state index contributed by atoms with van der Waals surface area (Å²) in [5.41, 5.74) is 1.04. The van der Waals surface area contributed by atoms with Gasteiger partial charge in [-0.05, 0) is 35.7 Å². The first kappa shape index (κ1) is 21.5. The number of alkyl halides is 3. The van der Waals surface area contributed by atoms with Crippen LogP contribution in [0.5, 0.6) is 0 Å². The molecular formula is C20H17F3N4O2S2. The molecule has 2 N–H and O–H groups in total. The molecule has 6 nitrogen and oxygen atoms in total. The predicted octanol–water partition coefficient (Wildman–Crippen LogP) is 4.47. The highest BCUT2D eigenvalue weighted by Crippen LogP contribution is 2.30. The molecule has 0 saturated carbocycles. The minimum atomic E-state index is -4.41. The van der Waals surface area contributed by atoms with Gasteiger partial charge in [0.15, 0.2) is 5.13 Å². The second-order valence-electron chi connectivity index (χ2n) is 6.94. The number of rotatable bonds is 5. The largest absolute Gasteiger partial charge is 0.416 e. The third-order valence-corrected chi connectivity index (χ3v) is 6.36. The van der Waals surface area contributed by atoms with Gasteiger partial charge in [-0.1, -0.05) is 0 Å². The molecule has 0 radical (unpaired) electrons. The summed E-state index contributed by atoms with van der Waals surface area (Å²) in [6.07, 6.45) is -3.77. The van der Waals surface area contributed by atoms with Gasteiger partial charge >= 0.3 is 6.18 Å². The minimum absolute atomic E-state index is 0.106. The number of thiophene rings is 1. The lowest BCUT2D eigenvalue weighted by Crippen LogP contribution is -2.36. The van der Waals surface area contributed by atoms with Crippen LogP contribution in [0.4, 0.5) is 24.0 Å². The first-order valence-electron chi connectivity index (χ1n) is 9.29. The molecule has 162 valence electrons. The lowest BCUT2D eigenvalue weighted by Gasteiger charge is -2.25. The third kappa shape index (κ3) is 5.30. The highest BCUT2D eigenvalue weighted by atomic mass is 32.1. The number of thiazole rings is 1. The highest BCUT2D eigenvalue weighted by molar-refractivity contribution is 7.16. The number of carbonyl (C=O) groups is 2. The van der Waals surface area contributed by atoms with Crippen LogP contribution < -0.4 is 10.6 Å². The van der Waals surface area contributed by atoms with E-state index in [1.807, 2.05) is 10.3 Å². The Morgan fingerprint density at radius 3 is 2.58 bits per heavy atom. The molecule has 0 unspecified atom stereocenters. The fourth-order valence-corrected chi connectivity index (χ4v) is 4.83. The molecule has 3 aromatic rings. The Bertz CT molecular complexity index is 1080. The van der Waals surface area contributed by atoms with E-state index in [9.17, 15) is 22.8 Å². The number of fused-ring (bicyclic) bond motifs is 1. The SMILES string of the molecule is O=C(CN1CCc2nc(NC(=O)c3ccsc3)sc2C1)Nc1ccc(C(F)(F)F)cc1. The Labute approximate surface area is 183 Å². The first-order valence-corrected chi connectivity index (χ1v) is 11.1. The van der Waals surface area contributed by atoms with Crippen LogP contribution in [0, 0.1) is 0 Å². The number of nitrogens with zero attached hydrogens (tertiary/aromatic N) is 2. The molecule has 2 amide bonds. The van der Waals surface area contributed by atoms with Gasteiger partial charge in [0.1, 0.15) is 0 Å². The molecule has 1 aliphatic rings. The standard InChI is InChI=1S/C20H17F3N4O2S2/c21-20(22,23)13-1-3-14(4-2-13)24-17(28)10-27-7-5-15-16(9-27)31-19(25-15)26-18(29)12-6-8-30-11-12/h1-4,6,8,11H,5,7,9-10H2,(H,24,28)(H,25,26,29). The summed E-state index contributed by atoms with van der Waals surface area (Å²) < 4.78 is 37.9. The third-order valence-electron chi connectivity index (χ3n) is 4.68. The first-order chi connectivity index (χ1) is 14.8. The zero-order valence-corrected chi connectivity index (χ0v) is 17.7. The maximum absolute atomic E-state index is 12.6. The van der Waals surface area contributed by atoms with Crippen LogP contribution in [0.15, 0.2) is 41.1 Å². The van der Waals surface area contributed by atoms with E-state index in [4.69, 9.17) is 0 Å². The Kier molecular flexibility index (Phi) is 6.08. The molecule has 31 heavy (non-hydrogen) atoms. The van der Waals surface area contributed by atoms with Gasteiger partial charge in [0.25, 0.3) is 5.91 Å². The van der Waals surface area contributed by atoms with Crippen LogP contribution in [-0.2, 0) is 23.9 Å². The normalized spacial score (nSPS) is 14.2. The summed E-state index contributed by atoms with van der Waals surface area (Å²) in [4.78, 5) is 31.9. The lowest BCUT2D eigenvalue weighted by molar-refractivity contribution is -0.137. The molecule has 0 atom stereocenters. The van der Waals surface area contributed by atoms with Crippen molar-refractivity contribution in [2.45, 2.75) is 19.1 Å². The maximum atomic E-state index is 12.6. The zero-order valence-electron chi connectivity index (χ0n) is 16.0. The summed E-state index contributed by atoms with van der Waals surface area (Å²) in [6, 6.07) is 6.09. The van der Waals surface area contributed by atoms with Gasteiger partial charge < -0.3 is 5.32 Å². The van der Waals surface area contributed by atoms with Gasteiger partial charge in [0.05, 0.1) is 23.4 Å². The van der Waals surface area contributed by atoms with E-state index in [0.29, 0.717) is 35.9 Å². The monoisotopic (exact) mass is 466 g/mol. The van der Waals surface area contributed by atoms with Crippen molar-refractivity contribution in [1.82, 2.24) is 9.88 Å². The highest BCUT2D eigenvalue weighted by Gasteiger charge is 2.30. The van der Waals surface area contributed by atoms with E-state index >= 15 is 0 Å². The quantitative estimate of drug-likeness (QED) is 0.582. The number of aromatic nitrogens is 1. The number of amides is 2. The van der Waals surface area contributed by atoms with Crippen molar-refractivity contribution < 1.29 is 22.8 Å². The molecule has 2 aromatic heterocycles. The molecule has 1 aromatic carbocycles. The topological polar surface area (TPSA) is 74.3 Å². The molecule has 3 heterocycles. The average Bonchev–Trinajstić information content (AvgIpc) is 3.37. The molecular weight excluding hydrogens is 449 g/mol. The summed E-state index contributed by atoms with van der Waals surface area (Å²) in [5.74, 6) is -0.515. The van der Waals surface area contributed by atoms with Gasteiger partial charge in [-0.15, -0.1) is 11.3 Å². The Hall–Kier alpha value is -2.76. The summed E-state index contributed by atoms with van der Waals surface area (Å²) in [6.45, 7) is 1.24. The molecule has 4 rings (SSSR count). The van der Waals surface area contributed by atoms with Gasteiger partial charge in [0.2, 0.25) is 5.91 Å². The van der Waals surface area contributed by atoms with Crippen LogP contribution in [0.2, 0.25) is 0 Å². The molecule has 11 heteroatoms. The van der Waals surface area contributed by atoms with Crippen LogP contribution >= 0.6 is 22.7 Å². The van der Waals surface area contributed by atoms with Crippen molar-refractivity contribution in [3.05, 3.63) is 62.8 Å². The number of hydrogen-bond donors (Lipinski definition) is 2. The van der Waals surface area contributed by atoms with Crippen molar-refractivity contribution >= 4 is 45.3 Å². The van der Waals surface area contributed by atoms with Gasteiger partial charge in [-0.3, -0.25) is 19.8 Å². The number of nitrogens with one attached hydrogen (secondary N) is 2. The molecule has 1 aliphatic heterocycles. The van der Waals surface area contributed by atoms with Crippen molar-refractivity contribution in [2.75, 3.05) is 23.7 Å². The van der Waals surface area contributed by atoms with E-state index < -0.39 is 11.7 Å². The summed E-state index contributed by atoms with van der Waals surface area (Å²) >= 11 is 2.82. The zero-order chi connectivity index (χ0) is 22.0. The van der Waals surface area contributed by atoms with Crippen LogP contribution in [0.1, 0.15) is 26.5 Å². The van der Waals surface area contributed by atoms with E-state index in [-0.39, 0.29) is 18.4 Å². The van der Waals surface area contributed by atoms with Gasteiger partial charge in [-0.25, -0.2) is 4.98 Å². The van der Waals surface area contributed by atoms with Crippen molar-refractivity contribution in [3.8, 4) is 0 Å². The summed E-state index contributed by atoms with van der Waals surface area (Å²) in [7, 11) is 0. The van der Waals surface area contributed by atoms with Crippen LogP contribution in [-0.4, -0.2) is 34.8 Å². The fraction of sp³-hybridized carbons (Fsp3) is 0.250. The van der Waals surface area contributed by atoms with E-state index in [1.54, 1.807) is 11.4 Å². The molecule has 0 aliphatic carbocycles. The van der Waals surface area contributed by atoms with Gasteiger partial charge in [-0.2, -0.15) is 24.5 Å². The van der Waals surface area contributed by atoms with Crippen molar-refractivity contribution in [2.24, 2.45) is 0 Å². The number of benzene rings is 1. The van der Waals surface area contributed by atoms with E-state index in [0.717, 1.165) is 22.7 Å². The van der Waals surface area contributed by atoms with Crippen molar-refractivity contribution in [3.63, 3.8) is 0 Å². The lowest BCUT2D eigenvalue weighted by atomic mass is 10.2. The van der Waals surface area contributed by atoms with E-state index in [1.165, 1.54) is 34.8 Å².